The molecule has 0 aromatic heterocycles. The van der Waals surface area contributed by atoms with Crippen LogP contribution in [0.15, 0.2) is 48.6 Å². The van der Waals surface area contributed by atoms with E-state index >= 15 is 0 Å². The first-order chi connectivity index (χ1) is 8.19. The molecule has 0 heteroatoms. The van der Waals surface area contributed by atoms with Crippen LogP contribution in [-0.2, 0) is 12.8 Å². The Kier molecular flexibility index (Phi) is 3.63. The maximum atomic E-state index is 3.96. The summed E-state index contributed by atoms with van der Waals surface area (Å²) in [6.45, 7) is 8.24. The highest BCUT2D eigenvalue weighted by Gasteiger charge is 1.98. The van der Waals surface area contributed by atoms with E-state index < -0.39 is 0 Å². The summed E-state index contributed by atoms with van der Waals surface area (Å²) in [5, 5.41) is 2.70. The smallest absolute Gasteiger partial charge is 0.0181 e. The molecule has 0 radical (unpaired) electrons. The fourth-order valence-electron chi connectivity index (χ4n) is 2.08. The lowest BCUT2D eigenvalue weighted by molar-refractivity contribution is 0.948. The molecule has 0 N–H and O–H groups in total. The van der Waals surface area contributed by atoms with Crippen LogP contribution in [0.2, 0.25) is 0 Å². The van der Waals surface area contributed by atoms with Gasteiger partial charge in [-0.3, -0.25) is 0 Å². The zero-order valence-electron chi connectivity index (χ0n) is 10.8. The Balaban J connectivity index is 2.28. The molecule has 0 amide bonds. The highest BCUT2D eigenvalue weighted by Crippen LogP contribution is 2.19. The molecule has 0 saturated heterocycles. The molecule has 0 saturated carbocycles. The molecule has 0 nitrogen and oxygen atoms in total. The van der Waals surface area contributed by atoms with Crippen molar-refractivity contribution in [1.82, 2.24) is 0 Å². The van der Waals surface area contributed by atoms with Crippen molar-refractivity contribution in [2.24, 2.45) is 0 Å². The first-order valence-electron chi connectivity index (χ1n) is 6.35. The normalized spacial score (nSPS) is 10.7. The maximum absolute atomic E-state index is 3.96. The molecule has 0 aliphatic heterocycles. The van der Waals surface area contributed by atoms with Gasteiger partial charge in [-0.05, 0) is 48.1 Å². The van der Waals surface area contributed by atoms with Crippen molar-refractivity contribution >= 4 is 10.8 Å². The van der Waals surface area contributed by atoms with Gasteiger partial charge < -0.3 is 0 Å². The van der Waals surface area contributed by atoms with Gasteiger partial charge in [0.1, 0.15) is 0 Å². The molecular formula is C17H20. The van der Waals surface area contributed by atoms with E-state index in [0.29, 0.717) is 0 Å². The summed E-state index contributed by atoms with van der Waals surface area (Å²) in [5.74, 6) is 0. The van der Waals surface area contributed by atoms with E-state index in [1.54, 1.807) is 0 Å². The van der Waals surface area contributed by atoms with E-state index in [0.717, 1.165) is 19.3 Å². The summed E-state index contributed by atoms with van der Waals surface area (Å²) in [4.78, 5) is 0. The Bertz CT molecular complexity index is 535. The lowest BCUT2D eigenvalue weighted by atomic mass is 10.0. The van der Waals surface area contributed by atoms with E-state index in [1.807, 2.05) is 0 Å². The second-order valence-corrected chi connectivity index (χ2v) is 4.83. The molecule has 2 aromatic rings. The molecule has 0 unspecified atom stereocenters. The summed E-state index contributed by atoms with van der Waals surface area (Å²) >= 11 is 0. The average Bonchev–Trinajstić information content (AvgIpc) is 2.35. The lowest BCUT2D eigenvalue weighted by Gasteiger charge is -2.05. The Hall–Kier alpha value is -1.56. The van der Waals surface area contributed by atoms with E-state index in [4.69, 9.17) is 0 Å². The number of allylic oxidation sites excluding steroid dienone is 1. The Morgan fingerprint density at radius 2 is 1.59 bits per heavy atom. The van der Waals surface area contributed by atoms with Gasteiger partial charge in [-0.1, -0.05) is 48.9 Å². The summed E-state index contributed by atoms with van der Waals surface area (Å²) < 4.78 is 0. The third-order valence-electron chi connectivity index (χ3n) is 3.22. The molecule has 2 aromatic carbocycles. The van der Waals surface area contributed by atoms with Gasteiger partial charge in [0.2, 0.25) is 0 Å². The SMILES string of the molecule is C=C(C)CCc1ccc2cc(CC)ccc2c1. The first-order valence-corrected chi connectivity index (χ1v) is 6.35. The van der Waals surface area contributed by atoms with Crippen molar-refractivity contribution in [3.05, 3.63) is 59.7 Å². The predicted molar refractivity (Wildman–Crippen MR) is 76.5 cm³/mol. The van der Waals surface area contributed by atoms with Gasteiger partial charge in [0.25, 0.3) is 0 Å². The molecule has 17 heavy (non-hydrogen) atoms. The third-order valence-corrected chi connectivity index (χ3v) is 3.22. The molecule has 0 atom stereocenters. The molecular weight excluding hydrogens is 204 g/mol. The topological polar surface area (TPSA) is 0 Å². The molecule has 0 fully saturated rings. The summed E-state index contributed by atoms with van der Waals surface area (Å²) in [5.41, 5.74) is 4.07. The first kappa shape index (κ1) is 11.9. The van der Waals surface area contributed by atoms with Crippen LogP contribution >= 0.6 is 0 Å². The summed E-state index contributed by atoms with van der Waals surface area (Å²) in [6, 6.07) is 13.5. The van der Waals surface area contributed by atoms with Gasteiger partial charge >= 0.3 is 0 Å². The number of hydrogen-bond donors (Lipinski definition) is 0. The molecule has 88 valence electrons. The van der Waals surface area contributed by atoms with Crippen LogP contribution in [0.3, 0.4) is 0 Å². The zero-order chi connectivity index (χ0) is 12.3. The van der Waals surface area contributed by atoms with Crippen LogP contribution in [0.4, 0.5) is 0 Å². The van der Waals surface area contributed by atoms with Crippen LogP contribution in [-0.4, -0.2) is 0 Å². The molecule has 0 aliphatic carbocycles. The number of hydrogen-bond acceptors (Lipinski definition) is 0. The van der Waals surface area contributed by atoms with E-state index in [1.165, 1.54) is 27.5 Å². The fraction of sp³-hybridized carbons (Fsp3) is 0.294. The Labute approximate surface area is 104 Å². The largest absolute Gasteiger partial charge is 0.100 e. The third kappa shape index (κ3) is 2.97. The van der Waals surface area contributed by atoms with Crippen LogP contribution in [0, 0.1) is 0 Å². The molecule has 0 aliphatic rings. The van der Waals surface area contributed by atoms with Gasteiger partial charge in [0.15, 0.2) is 0 Å². The zero-order valence-corrected chi connectivity index (χ0v) is 10.8. The number of benzene rings is 2. The molecule has 0 bridgehead atoms. The average molecular weight is 224 g/mol. The van der Waals surface area contributed by atoms with Gasteiger partial charge in [-0.25, -0.2) is 0 Å². The van der Waals surface area contributed by atoms with E-state index in [9.17, 15) is 0 Å². The van der Waals surface area contributed by atoms with Crippen molar-refractivity contribution in [2.45, 2.75) is 33.1 Å². The van der Waals surface area contributed by atoms with Crippen LogP contribution < -0.4 is 0 Å². The minimum Gasteiger partial charge on any atom is -0.100 e. The second-order valence-electron chi connectivity index (χ2n) is 4.83. The van der Waals surface area contributed by atoms with Gasteiger partial charge in [-0.2, -0.15) is 0 Å². The molecule has 0 spiro atoms. The minimum atomic E-state index is 1.08. The lowest BCUT2D eigenvalue weighted by Crippen LogP contribution is -1.87. The van der Waals surface area contributed by atoms with E-state index in [2.05, 4.69) is 56.8 Å². The fourth-order valence-corrected chi connectivity index (χ4v) is 2.08. The molecule has 2 rings (SSSR count). The standard InChI is InChI=1S/C17H20/c1-4-14-7-9-17-12-15(6-5-13(2)3)8-10-16(17)11-14/h7-12H,2,4-6H2,1,3H3. The number of fused-ring (bicyclic) bond motifs is 1. The number of rotatable bonds is 4. The highest BCUT2D eigenvalue weighted by atomic mass is 14.0. The Morgan fingerprint density at radius 1 is 1.00 bits per heavy atom. The van der Waals surface area contributed by atoms with Crippen molar-refractivity contribution in [1.29, 1.82) is 0 Å². The van der Waals surface area contributed by atoms with Crippen LogP contribution in [0.1, 0.15) is 31.4 Å². The van der Waals surface area contributed by atoms with Crippen molar-refractivity contribution in [2.75, 3.05) is 0 Å². The summed E-state index contributed by atoms with van der Waals surface area (Å²) in [6.07, 6.45) is 3.28. The van der Waals surface area contributed by atoms with Crippen molar-refractivity contribution in [3.63, 3.8) is 0 Å². The quantitative estimate of drug-likeness (QED) is 0.647. The number of aryl methyl sites for hydroxylation is 2. The van der Waals surface area contributed by atoms with Crippen molar-refractivity contribution < 1.29 is 0 Å². The van der Waals surface area contributed by atoms with Crippen molar-refractivity contribution in [3.8, 4) is 0 Å². The predicted octanol–water partition coefficient (Wildman–Crippen LogP) is 4.91. The van der Waals surface area contributed by atoms with Gasteiger partial charge in [0.05, 0.1) is 0 Å². The van der Waals surface area contributed by atoms with Gasteiger partial charge in [-0.15, -0.1) is 6.58 Å². The van der Waals surface area contributed by atoms with Gasteiger partial charge in [0, 0.05) is 0 Å². The maximum Gasteiger partial charge on any atom is -0.0181 e. The van der Waals surface area contributed by atoms with Crippen LogP contribution in [0.5, 0.6) is 0 Å². The highest BCUT2D eigenvalue weighted by molar-refractivity contribution is 5.83. The minimum absolute atomic E-state index is 1.08. The van der Waals surface area contributed by atoms with E-state index in [-0.39, 0.29) is 0 Å². The van der Waals surface area contributed by atoms with Crippen LogP contribution in [0.25, 0.3) is 10.8 Å². The monoisotopic (exact) mass is 224 g/mol. The summed E-state index contributed by atoms with van der Waals surface area (Å²) in [7, 11) is 0. The second kappa shape index (κ2) is 5.18. The Morgan fingerprint density at radius 3 is 2.18 bits per heavy atom. The molecule has 0 heterocycles.